The maximum atomic E-state index is 12.4. The third-order valence-corrected chi connectivity index (χ3v) is 7.29. The van der Waals surface area contributed by atoms with Crippen molar-refractivity contribution in [2.45, 2.75) is 70.3 Å². The maximum absolute atomic E-state index is 12.4. The summed E-state index contributed by atoms with van der Waals surface area (Å²) >= 11 is 3.45. The van der Waals surface area contributed by atoms with Crippen LogP contribution in [0.25, 0.3) is 10.4 Å². The van der Waals surface area contributed by atoms with Gasteiger partial charge in [0.15, 0.2) is 12.4 Å². The van der Waals surface area contributed by atoms with E-state index in [1.807, 2.05) is 27.7 Å². The average molecular weight is 492 g/mol. The predicted octanol–water partition coefficient (Wildman–Crippen LogP) is 3.18. The van der Waals surface area contributed by atoms with Crippen LogP contribution in [0, 0.1) is 23.7 Å². The summed E-state index contributed by atoms with van der Waals surface area (Å²) in [5, 5.41) is 3.56. The molecule has 0 aromatic heterocycles. The Labute approximate surface area is 184 Å². The lowest BCUT2D eigenvalue weighted by Gasteiger charge is -2.47. The van der Waals surface area contributed by atoms with E-state index >= 15 is 0 Å². The second kappa shape index (κ2) is 10.8. The molecule has 2 aliphatic heterocycles. The second-order valence-corrected chi connectivity index (χ2v) is 8.91. The highest BCUT2D eigenvalue weighted by molar-refractivity contribution is 9.09. The van der Waals surface area contributed by atoms with E-state index in [1.165, 1.54) is 14.0 Å². The van der Waals surface area contributed by atoms with Crippen LogP contribution in [0.2, 0.25) is 0 Å². The molecule has 2 fully saturated rings. The first-order valence-electron chi connectivity index (χ1n) is 9.98. The Hall–Kier alpha value is -1.39. The summed E-state index contributed by atoms with van der Waals surface area (Å²) in [6, 6.07) is -0.624. The molecule has 0 spiro atoms. The molecule has 0 N–H and O–H groups in total. The minimum absolute atomic E-state index is 0.0330. The zero-order valence-corrected chi connectivity index (χ0v) is 19.6. The highest BCUT2D eigenvalue weighted by atomic mass is 79.9. The number of carbonyl (C=O) groups is 2. The summed E-state index contributed by atoms with van der Waals surface area (Å²) in [7, 11) is 1.29. The van der Waals surface area contributed by atoms with Gasteiger partial charge in [-0.25, -0.2) is 4.79 Å². The summed E-state index contributed by atoms with van der Waals surface area (Å²) in [4.78, 5) is 26.6. The fraction of sp³-hybridized carbons (Fsp3) is 0.895. The summed E-state index contributed by atoms with van der Waals surface area (Å²) in [6.07, 6.45) is -3.04. The Kier molecular flexibility index (Phi) is 8.93. The largest absolute Gasteiger partial charge is 0.467 e. The Morgan fingerprint density at radius 1 is 1.10 bits per heavy atom. The van der Waals surface area contributed by atoms with E-state index < -0.39 is 42.6 Å². The van der Waals surface area contributed by atoms with Gasteiger partial charge in [0.2, 0.25) is 0 Å². The van der Waals surface area contributed by atoms with Crippen LogP contribution in [0.3, 0.4) is 0 Å². The minimum Gasteiger partial charge on any atom is -0.467 e. The second-order valence-electron chi connectivity index (χ2n) is 8.01. The monoisotopic (exact) mass is 491 g/mol. The Morgan fingerprint density at radius 2 is 1.77 bits per heavy atom. The van der Waals surface area contributed by atoms with Crippen LogP contribution in [-0.2, 0) is 33.3 Å². The van der Waals surface area contributed by atoms with Gasteiger partial charge in [-0.3, -0.25) is 4.79 Å². The molecule has 0 aromatic carbocycles. The van der Waals surface area contributed by atoms with Gasteiger partial charge in [0.25, 0.3) is 0 Å². The number of halogens is 1. The maximum Gasteiger partial charge on any atom is 0.337 e. The molecule has 30 heavy (non-hydrogen) atoms. The zero-order chi connectivity index (χ0) is 22.6. The number of azide groups is 1. The average Bonchev–Trinajstić information content (AvgIpc) is 2.71. The smallest absolute Gasteiger partial charge is 0.337 e. The van der Waals surface area contributed by atoms with E-state index in [2.05, 4.69) is 26.0 Å². The number of hydrogen-bond acceptors (Lipinski definition) is 8. The van der Waals surface area contributed by atoms with Crippen molar-refractivity contribution in [3.05, 3.63) is 10.4 Å². The Bertz CT molecular complexity index is 675. The molecule has 0 saturated carbocycles. The number of methoxy groups -OCH3 is 1. The van der Waals surface area contributed by atoms with Gasteiger partial charge in [0.1, 0.15) is 17.7 Å². The molecule has 0 amide bonds. The van der Waals surface area contributed by atoms with Crippen molar-refractivity contribution in [1.82, 2.24) is 0 Å². The van der Waals surface area contributed by atoms with E-state index in [9.17, 15) is 9.59 Å². The fourth-order valence-corrected chi connectivity index (χ4v) is 4.52. The van der Waals surface area contributed by atoms with Crippen molar-refractivity contribution in [3.8, 4) is 0 Å². The van der Waals surface area contributed by atoms with Crippen molar-refractivity contribution in [3.63, 3.8) is 0 Å². The van der Waals surface area contributed by atoms with Gasteiger partial charge in [-0.15, -0.1) is 0 Å². The molecule has 11 heteroatoms. The lowest BCUT2D eigenvalue weighted by molar-refractivity contribution is -0.285. The Balaban J connectivity index is 2.29. The molecule has 10 nitrogen and oxygen atoms in total. The number of nitrogens with zero attached hydrogens (tertiary/aromatic N) is 3. The first-order valence-corrected chi connectivity index (χ1v) is 10.9. The van der Waals surface area contributed by atoms with Crippen LogP contribution in [0.1, 0.15) is 34.6 Å². The summed E-state index contributed by atoms with van der Waals surface area (Å²) in [5.41, 5.74) is 9.07. The molecule has 170 valence electrons. The van der Waals surface area contributed by atoms with Crippen LogP contribution in [0.4, 0.5) is 0 Å². The molecule has 4 unspecified atom stereocenters. The van der Waals surface area contributed by atoms with E-state index in [-0.39, 0.29) is 35.3 Å². The van der Waals surface area contributed by atoms with Crippen molar-refractivity contribution < 1.29 is 33.3 Å². The summed E-state index contributed by atoms with van der Waals surface area (Å²) in [5.74, 6) is -1.20. The van der Waals surface area contributed by atoms with Crippen LogP contribution in [-0.4, -0.2) is 61.3 Å². The molecule has 0 bridgehead atoms. The molecule has 0 aromatic rings. The SMILES string of the molecule is COC(=O)C1O[C@H](Br)C(C)[C@@H](C)[C@@H]1O[C@H]1OC(COC(C)=O)[C@@H](C)[C@H](C)C1N=[N+]=[N-]. The van der Waals surface area contributed by atoms with Crippen LogP contribution in [0.15, 0.2) is 5.11 Å². The van der Waals surface area contributed by atoms with E-state index in [0.29, 0.717) is 0 Å². The number of hydrogen-bond donors (Lipinski definition) is 0. The zero-order valence-electron chi connectivity index (χ0n) is 18.1. The number of carbonyl (C=O) groups excluding carboxylic acids is 2. The van der Waals surface area contributed by atoms with Gasteiger partial charge in [0.05, 0.1) is 19.3 Å². The molecule has 2 saturated heterocycles. The minimum atomic E-state index is -0.970. The quantitative estimate of drug-likeness (QED) is 0.183. The van der Waals surface area contributed by atoms with Crippen LogP contribution in [0.5, 0.6) is 0 Å². The molecule has 0 radical (unpaired) electrons. The number of rotatable bonds is 6. The van der Waals surface area contributed by atoms with E-state index in [1.54, 1.807) is 0 Å². The third-order valence-electron chi connectivity index (χ3n) is 6.24. The van der Waals surface area contributed by atoms with Gasteiger partial charge in [-0.05, 0) is 29.2 Å². The van der Waals surface area contributed by atoms with Gasteiger partial charge >= 0.3 is 11.9 Å². The first kappa shape index (κ1) is 24.9. The standard InChI is InChI=1S/C19H30BrN3O7/c1-8-9(2)14(22-23-21)19(28-13(8)7-27-12(5)24)30-15-10(3)11(4)17(20)29-16(15)18(25)26-6/h8-11,13-17,19H,7H2,1-6H3/t8-,9-,10+,11?,13?,14?,15-,16?,17-,19+/m0/s1. The highest BCUT2D eigenvalue weighted by Crippen LogP contribution is 2.39. The van der Waals surface area contributed by atoms with Crippen molar-refractivity contribution in [2.24, 2.45) is 28.8 Å². The lowest BCUT2D eigenvalue weighted by Crippen LogP contribution is -2.57. The molecule has 2 heterocycles. The molecular weight excluding hydrogens is 462 g/mol. The first-order chi connectivity index (χ1) is 14.1. The van der Waals surface area contributed by atoms with Crippen molar-refractivity contribution >= 4 is 27.9 Å². The van der Waals surface area contributed by atoms with Gasteiger partial charge in [0, 0.05) is 11.8 Å². The van der Waals surface area contributed by atoms with Gasteiger partial charge in [-0.2, -0.15) is 0 Å². The van der Waals surface area contributed by atoms with E-state index in [4.69, 9.17) is 29.2 Å². The predicted molar refractivity (Wildman–Crippen MR) is 109 cm³/mol. The fourth-order valence-electron chi connectivity index (χ4n) is 3.81. The van der Waals surface area contributed by atoms with Crippen LogP contribution < -0.4 is 0 Å². The number of alkyl halides is 1. The van der Waals surface area contributed by atoms with Gasteiger partial charge < -0.3 is 23.7 Å². The normalized spacial score (nSPS) is 41.4. The highest BCUT2D eigenvalue weighted by Gasteiger charge is 2.49. The summed E-state index contributed by atoms with van der Waals surface area (Å²) in [6.45, 7) is 9.19. The number of esters is 2. The Morgan fingerprint density at radius 3 is 2.33 bits per heavy atom. The van der Waals surface area contributed by atoms with E-state index in [0.717, 1.165) is 0 Å². The number of ether oxygens (including phenoxy) is 5. The lowest BCUT2D eigenvalue weighted by atomic mass is 9.82. The van der Waals surface area contributed by atoms with Crippen molar-refractivity contribution in [1.29, 1.82) is 0 Å². The topological polar surface area (TPSA) is 129 Å². The van der Waals surface area contributed by atoms with Gasteiger partial charge in [-0.1, -0.05) is 48.7 Å². The van der Waals surface area contributed by atoms with Crippen molar-refractivity contribution in [2.75, 3.05) is 13.7 Å². The molecule has 10 atom stereocenters. The molecular formula is C19H30BrN3O7. The summed E-state index contributed by atoms with van der Waals surface area (Å²) < 4.78 is 28.2. The molecule has 2 aliphatic rings. The molecule has 0 aliphatic carbocycles. The molecule has 2 rings (SSSR count). The third kappa shape index (κ3) is 5.45. The van der Waals surface area contributed by atoms with Crippen LogP contribution >= 0.6 is 15.9 Å².